The minimum atomic E-state index is 0.808. The molecular weight excluding hydrogens is 298 g/mol. The van der Waals surface area contributed by atoms with E-state index in [9.17, 15) is 0 Å². The third-order valence-electron chi connectivity index (χ3n) is 2.49. The van der Waals surface area contributed by atoms with Crippen molar-refractivity contribution < 1.29 is 0 Å². The van der Waals surface area contributed by atoms with Crippen LogP contribution in [0.4, 0.5) is 11.4 Å². The molecule has 0 spiro atoms. The molecule has 1 aromatic carbocycles. The number of halogens is 1. The van der Waals surface area contributed by atoms with Gasteiger partial charge < -0.3 is 11.1 Å². The molecule has 2 rings (SSSR count). The summed E-state index contributed by atoms with van der Waals surface area (Å²) >= 11 is 5.19. The first-order valence-electron chi connectivity index (χ1n) is 5.34. The van der Waals surface area contributed by atoms with E-state index in [2.05, 4.69) is 32.3 Å². The summed E-state index contributed by atoms with van der Waals surface area (Å²) < 4.78 is 1.000. The van der Waals surface area contributed by atoms with Crippen LogP contribution in [0.3, 0.4) is 0 Å². The number of benzene rings is 1. The minimum Gasteiger partial charge on any atom is -0.398 e. The molecule has 0 atom stereocenters. The third-order valence-corrected chi connectivity index (χ3v) is 3.99. The largest absolute Gasteiger partial charge is 0.398 e. The smallest absolute Gasteiger partial charge is 0.0942 e. The summed E-state index contributed by atoms with van der Waals surface area (Å²) in [5, 5.41) is 6.54. The fraction of sp³-hybridized carbons (Fsp3) is 0.250. The van der Waals surface area contributed by atoms with Crippen LogP contribution in [0.2, 0.25) is 0 Å². The molecule has 3 nitrogen and oxygen atoms in total. The van der Waals surface area contributed by atoms with Gasteiger partial charge in [-0.2, -0.15) is 0 Å². The molecule has 2 aromatic rings. The quantitative estimate of drug-likeness (QED) is 0.850. The summed E-state index contributed by atoms with van der Waals surface area (Å²) in [5.74, 6) is 0. The van der Waals surface area contributed by atoms with E-state index < -0.39 is 0 Å². The first kappa shape index (κ1) is 12.4. The van der Waals surface area contributed by atoms with Crippen LogP contribution in [0.5, 0.6) is 0 Å². The Bertz CT molecular complexity index is 497. The summed E-state index contributed by atoms with van der Waals surface area (Å²) in [7, 11) is 0. The van der Waals surface area contributed by atoms with Gasteiger partial charge in [0.15, 0.2) is 0 Å². The second-order valence-corrected chi connectivity index (χ2v) is 5.62. The van der Waals surface area contributed by atoms with Crippen LogP contribution in [0.25, 0.3) is 0 Å². The number of nitrogen functional groups attached to an aromatic ring is 1. The zero-order chi connectivity index (χ0) is 12.3. The predicted molar refractivity (Wildman–Crippen MR) is 77.6 cm³/mol. The van der Waals surface area contributed by atoms with Crippen molar-refractivity contribution in [2.75, 3.05) is 17.6 Å². The van der Waals surface area contributed by atoms with Gasteiger partial charge in [-0.1, -0.05) is 0 Å². The highest BCUT2D eigenvalue weighted by molar-refractivity contribution is 9.10. The molecule has 0 amide bonds. The first-order chi connectivity index (χ1) is 8.16. The molecule has 0 unspecified atom stereocenters. The van der Waals surface area contributed by atoms with E-state index in [0.717, 1.165) is 39.4 Å². The first-order valence-corrected chi connectivity index (χ1v) is 7.02. The van der Waals surface area contributed by atoms with Crippen molar-refractivity contribution in [2.24, 2.45) is 0 Å². The van der Waals surface area contributed by atoms with E-state index in [4.69, 9.17) is 5.73 Å². The fourth-order valence-corrected chi connectivity index (χ4v) is 2.63. The van der Waals surface area contributed by atoms with Crippen molar-refractivity contribution in [3.63, 3.8) is 0 Å². The highest BCUT2D eigenvalue weighted by Crippen LogP contribution is 2.27. The van der Waals surface area contributed by atoms with Gasteiger partial charge in [0.25, 0.3) is 0 Å². The Morgan fingerprint density at radius 2 is 2.29 bits per heavy atom. The lowest BCUT2D eigenvalue weighted by Crippen LogP contribution is -2.06. The van der Waals surface area contributed by atoms with Crippen LogP contribution in [-0.2, 0) is 6.42 Å². The maximum absolute atomic E-state index is 5.83. The lowest BCUT2D eigenvalue weighted by Gasteiger charge is -2.10. The van der Waals surface area contributed by atoms with Gasteiger partial charge in [0, 0.05) is 40.4 Å². The molecule has 0 bridgehead atoms. The van der Waals surface area contributed by atoms with Crippen LogP contribution < -0.4 is 11.1 Å². The summed E-state index contributed by atoms with van der Waals surface area (Å²) in [4.78, 5) is 4.25. The molecule has 90 valence electrons. The fourth-order valence-electron chi connectivity index (χ4n) is 1.51. The van der Waals surface area contributed by atoms with Crippen LogP contribution in [-0.4, -0.2) is 11.5 Å². The zero-order valence-electron chi connectivity index (χ0n) is 9.53. The summed E-state index contributed by atoms with van der Waals surface area (Å²) in [6.07, 6.45) is 2.77. The Balaban J connectivity index is 1.97. The topological polar surface area (TPSA) is 50.9 Å². The van der Waals surface area contributed by atoms with Crippen molar-refractivity contribution >= 4 is 38.6 Å². The van der Waals surface area contributed by atoms with Crippen LogP contribution in [0.15, 0.2) is 28.2 Å². The average Bonchev–Trinajstić information content (AvgIpc) is 2.78. The van der Waals surface area contributed by atoms with E-state index in [1.807, 2.05) is 24.6 Å². The molecule has 3 N–H and O–H groups in total. The lowest BCUT2D eigenvalue weighted by molar-refractivity contribution is 0.997. The van der Waals surface area contributed by atoms with E-state index in [0.29, 0.717) is 0 Å². The molecule has 1 heterocycles. The van der Waals surface area contributed by atoms with Crippen molar-refractivity contribution in [1.82, 2.24) is 4.98 Å². The number of hydrogen-bond acceptors (Lipinski definition) is 4. The summed E-state index contributed by atoms with van der Waals surface area (Å²) in [5.41, 5.74) is 8.80. The molecule has 0 aliphatic carbocycles. The molecule has 17 heavy (non-hydrogen) atoms. The Hall–Kier alpha value is -1.07. The highest BCUT2D eigenvalue weighted by atomic mass is 79.9. The number of aryl methyl sites for hydroxylation is 1. The van der Waals surface area contributed by atoms with E-state index in [-0.39, 0.29) is 0 Å². The maximum Gasteiger partial charge on any atom is 0.0942 e. The Kier molecular flexibility index (Phi) is 4.02. The third kappa shape index (κ3) is 3.20. The van der Waals surface area contributed by atoms with E-state index in [1.54, 1.807) is 11.3 Å². The van der Waals surface area contributed by atoms with Gasteiger partial charge in [-0.3, -0.25) is 0 Å². The average molecular weight is 312 g/mol. The van der Waals surface area contributed by atoms with Gasteiger partial charge in [-0.05, 0) is 40.5 Å². The Morgan fingerprint density at radius 1 is 1.47 bits per heavy atom. The molecule has 0 aliphatic rings. The van der Waals surface area contributed by atoms with Gasteiger partial charge >= 0.3 is 0 Å². The monoisotopic (exact) mass is 311 g/mol. The van der Waals surface area contributed by atoms with Crippen molar-refractivity contribution in [2.45, 2.75) is 13.3 Å². The minimum absolute atomic E-state index is 0.808. The van der Waals surface area contributed by atoms with Crippen LogP contribution in [0, 0.1) is 6.92 Å². The number of thiazole rings is 1. The normalized spacial score (nSPS) is 10.5. The summed E-state index contributed by atoms with van der Waals surface area (Å²) in [6.45, 7) is 2.88. The molecule has 0 saturated heterocycles. The summed E-state index contributed by atoms with van der Waals surface area (Å²) in [6, 6.07) is 3.99. The van der Waals surface area contributed by atoms with Crippen molar-refractivity contribution in [3.05, 3.63) is 38.8 Å². The van der Waals surface area contributed by atoms with Crippen LogP contribution in [0.1, 0.15) is 10.6 Å². The highest BCUT2D eigenvalue weighted by Gasteiger charge is 2.03. The molecule has 0 saturated carbocycles. The number of nitrogens with zero attached hydrogens (tertiary/aromatic N) is 1. The Morgan fingerprint density at radius 3 is 3.00 bits per heavy atom. The van der Waals surface area contributed by atoms with Crippen LogP contribution >= 0.6 is 27.3 Å². The number of nitrogens with two attached hydrogens (primary N) is 1. The van der Waals surface area contributed by atoms with Crippen molar-refractivity contribution in [3.8, 4) is 0 Å². The van der Waals surface area contributed by atoms with Gasteiger partial charge in [0.1, 0.15) is 0 Å². The molecular formula is C12H14BrN3S. The number of hydrogen-bond donors (Lipinski definition) is 2. The standard InChI is InChI=1S/C12H14BrN3S/c1-8-6-11(9(13)7-10(8)14)15-3-2-12-16-4-5-17-12/h4-7,15H,2-3,14H2,1H3. The molecule has 0 radical (unpaired) electrons. The second kappa shape index (κ2) is 5.51. The number of nitrogens with one attached hydrogen (secondary N) is 1. The Labute approximate surface area is 113 Å². The molecule has 1 aromatic heterocycles. The molecule has 0 aliphatic heterocycles. The molecule has 0 fully saturated rings. The second-order valence-electron chi connectivity index (χ2n) is 3.79. The van der Waals surface area contributed by atoms with Gasteiger partial charge in [0.2, 0.25) is 0 Å². The SMILES string of the molecule is Cc1cc(NCCc2nccs2)c(Br)cc1N. The van der Waals surface area contributed by atoms with Crippen molar-refractivity contribution in [1.29, 1.82) is 0 Å². The predicted octanol–water partition coefficient (Wildman–Crippen LogP) is 3.45. The number of rotatable bonds is 4. The lowest BCUT2D eigenvalue weighted by atomic mass is 10.2. The number of anilines is 2. The van der Waals surface area contributed by atoms with E-state index in [1.165, 1.54) is 0 Å². The van der Waals surface area contributed by atoms with E-state index >= 15 is 0 Å². The number of aromatic nitrogens is 1. The maximum atomic E-state index is 5.83. The van der Waals surface area contributed by atoms with Gasteiger partial charge in [-0.25, -0.2) is 4.98 Å². The van der Waals surface area contributed by atoms with Gasteiger partial charge in [0.05, 0.1) is 5.01 Å². The zero-order valence-corrected chi connectivity index (χ0v) is 11.9. The molecule has 5 heteroatoms. The van der Waals surface area contributed by atoms with Gasteiger partial charge in [-0.15, -0.1) is 11.3 Å².